The smallest absolute Gasteiger partial charge is 0.338 e. The molecular formula is C12H12N2O2. The van der Waals surface area contributed by atoms with Crippen LogP contribution >= 0.6 is 0 Å². The van der Waals surface area contributed by atoms with E-state index in [-0.39, 0.29) is 5.97 Å². The minimum absolute atomic E-state index is 0.291. The third kappa shape index (κ3) is 2.11. The maximum absolute atomic E-state index is 11.4. The van der Waals surface area contributed by atoms with Gasteiger partial charge in [0.05, 0.1) is 18.4 Å². The average Bonchev–Trinajstić information content (AvgIpc) is 2.83. The highest BCUT2D eigenvalue weighted by Gasteiger charge is 2.06. The van der Waals surface area contributed by atoms with Gasteiger partial charge in [0, 0.05) is 11.8 Å². The monoisotopic (exact) mass is 216 g/mol. The Hall–Kier alpha value is -2.10. The number of ether oxygens (including phenoxy) is 1. The number of rotatable bonds is 3. The Kier molecular flexibility index (Phi) is 3.00. The zero-order valence-corrected chi connectivity index (χ0v) is 8.93. The van der Waals surface area contributed by atoms with Gasteiger partial charge in [-0.2, -0.15) is 5.10 Å². The fourth-order valence-electron chi connectivity index (χ4n) is 1.42. The van der Waals surface area contributed by atoms with E-state index < -0.39 is 0 Å². The topological polar surface area (TPSA) is 55.0 Å². The average molecular weight is 216 g/mol. The Morgan fingerprint density at radius 2 is 2.06 bits per heavy atom. The molecule has 0 spiro atoms. The van der Waals surface area contributed by atoms with Crippen LogP contribution in [0.3, 0.4) is 0 Å². The molecule has 4 heteroatoms. The van der Waals surface area contributed by atoms with Crippen molar-refractivity contribution >= 4 is 5.97 Å². The van der Waals surface area contributed by atoms with E-state index in [1.54, 1.807) is 31.5 Å². The first-order chi connectivity index (χ1) is 7.81. The number of hydrogen-bond donors (Lipinski definition) is 1. The van der Waals surface area contributed by atoms with E-state index in [1.165, 1.54) is 0 Å². The SMILES string of the molecule is CCOC(=O)c1ccc(-c2cn[nH]c2)cc1. The van der Waals surface area contributed by atoms with Crippen LogP contribution in [0.5, 0.6) is 0 Å². The van der Waals surface area contributed by atoms with Gasteiger partial charge in [-0.05, 0) is 24.6 Å². The molecule has 0 aliphatic carbocycles. The summed E-state index contributed by atoms with van der Waals surface area (Å²) < 4.78 is 4.90. The number of nitrogens with zero attached hydrogens (tertiary/aromatic N) is 1. The molecule has 2 rings (SSSR count). The maximum atomic E-state index is 11.4. The van der Waals surface area contributed by atoms with Crippen LogP contribution < -0.4 is 0 Å². The fourth-order valence-corrected chi connectivity index (χ4v) is 1.42. The van der Waals surface area contributed by atoms with Crippen molar-refractivity contribution in [2.24, 2.45) is 0 Å². The molecule has 0 aliphatic rings. The summed E-state index contributed by atoms with van der Waals surface area (Å²) in [5, 5.41) is 6.61. The number of aromatic nitrogens is 2. The second kappa shape index (κ2) is 4.61. The molecule has 0 unspecified atom stereocenters. The van der Waals surface area contributed by atoms with Crippen LogP contribution in [0.15, 0.2) is 36.7 Å². The number of hydrogen-bond acceptors (Lipinski definition) is 3. The highest BCUT2D eigenvalue weighted by Crippen LogP contribution is 2.18. The standard InChI is InChI=1S/C12H12N2O2/c1-2-16-12(15)10-5-3-9(4-6-10)11-7-13-14-8-11/h3-8H,2H2,1H3,(H,13,14). The lowest BCUT2D eigenvalue weighted by molar-refractivity contribution is 0.0526. The Labute approximate surface area is 93.3 Å². The zero-order valence-electron chi connectivity index (χ0n) is 8.93. The zero-order chi connectivity index (χ0) is 11.4. The van der Waals surface area contributed by atoms with Gasteiger partial charge in [0.1, 0.15) is 0 Å². The number of carbonyl (C=O) groups is 1. The minimum Gasteiger partial charge on any atom is -0.462 e. The van der Waals surface area contributed by atoms with Crippen LogP contribution in [0.25, 0.3) is 11.1 Å². The molecule has 0 saturated heterocycles. The van der Waals surface area contributed by atoms with Crippen LogP contribution in [0.4, 0.5) is 0 Å². The predicted molar refractivity (Wildman–Crippen MR) is 60.0 cm³/mol. The van der Waals surface area contributed by atoms with Crippen molar-refractivity contribution in [1.82, 2.24) is 10.2 Å². The van der Waals surface area contributed by atoms with E-state index in [2.05, 4.69) is 10.2 Å². The lowest BCUT2D eigenvalue weighted by Crippen LogP contribution is -2.03. The first-order valence-corrected chi connectivity index (χ1v) is 5.07. The summed E-state index contributed by atoms with van der Waals surface area (Å²) >= 11 is 0. The third-order valence-electron chi connectivity index (χ3n) is 2.23. The molecule has 0 bridgehead atoms. The summed E-state index contributed by atoms with van der Waals surface area (Å²) in [6.07, 6.45) is 3.54. The summed E-state index contributed by atoms with van der Waals surface area (Å²) in [7, 11) is 0. The van der Waals surface area contributed by atoms with Crippen molar-refractivity contribution in [1.29, 1.82) is 0 Å². The summed E-state index contributed by atoms with van der Waals surface area (Å²) in [5.41, 5.74) is 2.58. The Morgan fingerprint density at radius 1 is 1.31 bits per heavy atom. The van der Waals surface area contributed by atoms with Crippen molar-refractivity contribution in [2.45, 2.75) is 6.92 Å². The molecule has 1 aromatic heterocycles. The lowest BCUT2D eigenvalue weighted by atomic mass is 10.1. The molecule has 0 atom stereocenters. The highest BCUT2D eigenvalue weighted by atomic mass is 16.5. The molecule has 0 fully saturated rings. The van der Waals surface area contributed by atoms with Crippen molar-refractivity contribution in [3.8, 4) is 11.1 Å². The van der Waals surface area contributed by atoms with Crippen molar-refractivity contribution < 1.29 is 9.53 Å². The number of H-pyrrole nitrogens is 1. The van der Waals surface area contributed by atoms with E-state index in [1.807, 2.05) is 12.1 Å². The quantitative estimate of drug-likeness (QED) is 0.800. The van der Waals surface area contributed by atoms with Crippen LogP contribution in [0.1, 0.15) is 17.3 Å². The molecule has 16 heavy (non-hydrogen) atoms. The molecule has 4 nitrogen and oxygen atoms in total. The first kappa shape index (κ1) is 10.4. The summed E-state index contributed by atoms with van der Waals surface area (Å²) in [6, 6.07) is 7.24. The maximum Gasteiger partial charge on any atom is 0.338 e. The Balaban J connectivity index is 2.20. The summed E-state index contributed by atoms with van der Waals surface area (Å²) in [6.45, 7) is 2.18. The number of aromatic amines is 1. The fraction of sp³-hybridized carbons (Fsp3) is 0.167. The molecule has 82 valence electrons. The molecule has 2 aromatic rings. The van der Waals surface area contributed by atoms with Gasteiger partial charge in [-0.15, -0.1) is 0 Å². The Bertz CT molecular complexity index is 460. The minimum atomic E-state index is -0.291. The second-order valence-electron chi connectivity index (χ2n) is 3.28. The van der Waals surface area contributed by atoms with Crippen molar-refractivity contribution in [3.63, 3.8) is 0 Å². The molecule has 0 amide bonds. The molecule has 0 saturated carbocycles. The van der Waals surface area contributed by atoms with E-state index in [4.69, 9.17) is 4.74 Å². The number of esters is 1. The second-order valence-corrected chi connectivity index (χ2v) is 3.28. The van der Waals surface area contributed by atoms with Gasteiger partial charge in [-0.1, -0.05) is 12.1 Å². The van der Waals surface area contributed by atoms with Crippen LogP contribution in [0, 0.1) is 0 Å². The predicted octanol–water partition coefficient (Wildman–Crippen LogP) is 2.25. The Morgan fingerprint density at radius 3 is 2.62 bits per heavy atom. The molecular weight excluding hydrogens is 204 g/mol. The molecule has 1 N–H and O–H groups in total. The van der Waals surface area contributed by atoms with Crippen LogP contribution in [-0.2, 0) is 4.74 Å². The van der Waals surface area contributed by atoms with Gasteiger partial charge in [0.2, 0.25) is 0 Å². The lowest BCUT2D eigenvalue weighted by Gasteiger charge is -2.02. The number of benzene rings is 1. The third-order valence-corrected chi connectivity index (χ3v) is 2.23. The van der Waals surface area contributed by atoms with Gasteiger partial charge in [-0.25, -0.2) is 4.79 Å². The molecule has 1 aromatic carbocycles. The van der Waals surface area contributed by atoms with Crippen molar-refractivity contribution in [2.75, 3.05) is 6.61 Å². The normalized spacial score (nSPS) is 10.1. The van der Waals surface area contributed by atoms with Gasteiger partial charge in [0.25, 0.3) is 0 Å². The molecule has 1 heterocycles. The van der Waals surface area contributed by atoms with Gasteiger partial charge < -0.3 is 4.74 Å². The molecule has 0 aliphatic heterocycles. The van der Waals surface area contributed by atoms with Gasteiger partial charge >= 0.3 is 5.97 Å². The van der Waals surface area contributed by atoms with E-state index in [0.29, 0.717) is 12.2 Å². The highest BCUT2D eigenvalue weighted by molar-refractivity contribution is 5.90. The summed E-state index contributed by atoms with van der Waals surface area (Å²) in [5.74, 6) is -0.291. The largest absolute Gasteiger partial charge is 0.462 e. The van der Waals surface area contributed by atoms with E-state index >= 15 is 0 Å². The van der Waals surface area contributed by atoms with Crippen LogP contribution in [-0.4, -0.2) is 22.8 Å². The van der Waals surface area contributed by atoms with Crippen molar-refractivity contribution in [3.05, 3.63) is 42.2 Å². The molecule has 0 radical (unpaired) electrons. The van der Waals surface area contributed by atoms with E-state index in [9.17, 15) is 4.79 Å². The van der Waals surface area contributed by atoms with E-state index in [0.717, 1.165) is 11.1 Å². The first-order valence-electron chi connectivity index (χ1n) is 5.07. The van der Waals surface area contributed by atoms with Crippen LogP contribution in [0.2, 0.25) is 0 Å². The number of nitrogens with one attached hydrogen (secondary N) is 1. The van der Waals surface area contributed by atoms with Gasteiger partial charge in [-0.3, -0.25) is 5.10 Å². The van der Waals surface area contributed by atoms with Gasteiger partial charge in [0.15, 0.2) is 0 Å². The summed E-state index contributed by atoms with van der Waals surface area (Å²) in [4.78, 5) is 11.4. The number of carbonyl (C=O) groups excluding carboxylic acids is 1.